The molecule has 0 aromatic heterocycles. The van der Waals surface area contributed by atoms with E-state index in [1.54, 1.807) is 0 Å². The summed E-state index contributed by atoms with van der Waals surface area (Å²) in [5.74, 6) is -2.09. The van der Waals surface area contributed by atoms with Crippen LogP contribution in [0, 0.1) is 15.9 Å². The molecule has 8 heteroatoms. The number of hydrogen-bond donors (Lipinski definition) is 0. The van der Waals surface area contributed by atoms with Gasteiger partial charge in [0.1, 0.15) is 5.75 Å². The Morgan fingerprint density at radius 2 is 1.68 bits per heavy atom. The van der Waals surface area contributed by atoms with Crippen molar-refractivity contribution in [3.8, 4) is 11.5 Å². The predicted octanol–water partition coefficient (Wildman–Crippen LogP) is 3.42. The molecule has 0 spiro atoms. The van der Waals surface area contributed by atoms with E-state index < -0.39 is 22.7 Å². The number of nitro benzene ring substituents is 1. The number of para-hydroxylation sites is 1. The van der Waals surface area contributed by atoms with E-state index in [9.17, 15) is 24.1 Å². The van der Waals surface area contributed by atoms with Gasteiger partial charge >= 0.3 is 11.9 Å². The van der Waals surface area contributed by atoms with Gasteiger partial charge in [-0.25, -0.2) is 4.39 Å². The number of carbonyl (C=O) groups is 2. The van der Waals surface area contributed by atoms with E-state index in [0.717, 1.165) is 6.07 Å². The van der Waals surface area contributed by atoms with Gasteiger partial charge in [-0.05, 0) is 24.6 Å². The van der Waals surface area contributed by atoms with E-state index in [4.69, 9.17) is 9.47 Å². The Kier molecular flexibility index (Phi) is 6.16. The van der Waals surface area contributed by atoms with Gasteiger partial charge in [-0.3, -0.25) is 19.7 Å². The highest BCUT2D eigenvalue weighted by molar-refractivity contribution is 5.75. The Labute approximate surface area is 142 Å². The average molecular weight is 347 g/mol. The number of nitro groups is 1. The maximum absolute atomic E-state index is 13.3. The van der Waals surface area contributed by atoms with Crippen molar-refractivity contribution in [1.82, 2.24) is 0 Å². The lowest BCUT2D eigenvalue weighted by atomic mass is 10.2. The number of ether oxygens (including phenoxy) is 2. The van der Waals surface area contributed by atoms with Gasteiger partial charge in [0.2, 0.25) is 0 Å². The first-order valence-corrected chi connectivity index (χ1v) is 7.36. The second-order valence-corrected chi connectivity index (χ2v) is 4.99. The Morgan fingerprint density at radius 3 is 2.36 bits per heavy atom. The summed E-state index contributed by atoms with van der Waals surface area (Å²) < 4.78 is 23.1. The summed E-state index contributed by atoms with van der Waals surface area (Å²) in [6.07, 6.45) is -0.0471. The minimum atomic E-state index is -0.673. The van der Waals surface area contributed by atoms with Crippen LogP contribution in [0.4, 0.5) is 10.1 Å². The second kappa shape index (κ2) is 8.53. The maximum atomic E-state index is 13.3. The van der Waals surface area contributed by atoms with E-state index in [1.807, 2.05) is 0 Å². The van der Waals surface area contributed by atoms with E-state index in [-0.39, 0.29) is 36.4 Å². The fourth-order valence-electron chi connectivity index (χ4n) is 1.92. The van der Waals surface area contributed by atoms with E-state index in [1.165, 1.54) is 42.5 Å². The molecule has 0 atom stereocenters. The summed E-state index contributed by atoms with van der Waals surface area (Å²) in [4.78, 5) is 33.3. The van der Waals surface area contributed by atoms with Crippen LogP contribution in [0.15, 0.2) is 48.5 Å². The van der Waals surface area contributed by atoms with Crippen molar-refractivity contribution in [2.24, 2.45) is 0 Å². The number of hydrogen-bond acceptors (Lipinski definition) is 6. The van der Waals surface area contributed by atoms with Gasteiger partial charge in [-0.15, -0.1) is 0 Å². The van der Waals surface area contributed by atoms with Gasteiger partial charge in [-0.2, -0.15) is 0 Å². The summed E-state index contributed by atoms with van der Waals surface area (Å²) in [5, 5.41) is 10.6. The lowest BCUT2D eigenvalue weighted by molar-refractivity contribution is -0.384. The number of esters is 2. The molecule has 0 fully saturated rings. The monoisotopic (exact) mass is 347 g/mol. The summed E-state index contributed by atoms with van der Waals surface area (Å²) in [6, 6.07) is 10.7. The second-order valence-electron chi connectivity index (χ2n) is 4.99. The summed E-state index contributed by atoms with van der Waals surface area (Å²) in [6.45, 7) is 0. The molecule has 0 unspecified atom stereocenters. The van der Waals surface area contributed by atoms with Crippen molar-refractivity contribution in [1.29, 1.82) is 0 Å². The standard InChI is InChI=1S/C17H14FNO6/c18-14-7-1-2-8-15(14)25-17(21)10-4-9-16(20)24-13-6-3-5-12(11-13)19(22)23/h1-3,5-8,11H,4,9-10H2. The average Bonchev–Trinajstić information content (AvgIpc) is 2.57. The number of nitrogens with zero attached hydrogens (tertiary/aromatic N) is 1. The number of non-ortho nitro benzene ring substituents is 1. The van der Waals surface area contributed by atoms with Gasteiger partial charge in [-0.1, -0.05) is 18.2 Å². The molecule has 0 amide bonds. The molecule has 2 aromatic carbocycles. The van der Waals surface area contributed by atoms with Crippen LogP contribution in [0.5, 0.6) is 11.5 Å². The van der Waals surface area contributed by atoms with Crippen LogP contribution in [0.1, 0.15) is 19.3 Å². The smallest absolute Gasteiger partial charge is 0.311 e. The fourth-order valence-corrected chi connectivity index (χ4v) is 1.92. The molecule has 2 rings (SSSR count). The molecule has 130 valence electrons. The fraction of sp³-hybridized carbons (Fsp3) is 0.176. The lowest BCUT2D eigenvalue weighted by Crippen LogP contribution is -2.12. The van der Waals surface area contributed by atoms with E-state index in [2.05, 4.69) is 0 Å². The van der Waals surface area contributed by atoms with Gasteiger partial charge in [0.25, 0.3) is 5.69 Å². The van der Waals surface area contributed by atoms with Gasteiger partial charge in [0.15, 0.2) is 11.6 Å². The Hall–Kier alpha value is -3.29. The minimum Gasteiger partial charge on any atom is -0.426 e. The third kappa shape index (κ3) is 5.69. The minimum absolute atomic E-state index is 0.0492. The van der Waals surface area contributed by atoms with Gasteiger partial charge in [0.05, 0.1) is 11.0 Å². The van der Waals surface area contributed by atoms with Gasteiger partial charge in [0, 0.05) is 18.9 Å². The van der Waals surface area contributed by atoms with Gasteiger partial charge < -0.3 is 9.47 Å². The van der Waals surface area contributed by atoms with Crippen molar-refractivity contribution in [2.45, 2.75) is 19.3 Å². The zero-order chi connectivity index (χ0) is 18.2. The summed E-state index contributed by atoms with van der Waals surface area (Å²) in [5.41, 5.74) is -0.196. The highest BCUT2D eigenvalue weighted by Gasteiger charge is 2.12. The molecular weight excluding hydrogens is 333 g/mol. The molecule has 0 radical (unpaired) electrons. The van der Waals surface area contributed by atoms with E-state index >= 15 is 0 Å². The first kappa shape index (κ1) is 18.1. The van der Waals surface area contributed by atoms with Crippen molar-refractivity contribution >= 4 is 17.6 Å². The molecule has 0 N–H and O–H groups in total. The van der Waals surface area contributed by atoms with Crippen molar-refractivity contribution in [2.75, 3.05) is 0 Å². The van der Waals surface area contributed by atoms with Crippen LogP contribution in [-0.2, 0) is 9.59 Å². The van der Waals surface area contributed by atoms with Crippen LogP contribution in [0.2, 0.25) is 0 Å². The molecular formula is C17H14FNO6. The number of rotatable bonds is 7. The number of carbonyl (C=O) groups excluding carboxylic acids is 2. The molecule has 0 aliphatic rings. The number of halogens is 1. The Balaban J connectivity index is 1.77. The lowest BCUT2D eigenvalue weighted by Gasteiger charge is -2.06. The Bertz CT molecular complexity index is 792. The third-order valence-corrected chi connectivity index (χ3v) is 3.08. The van der Waals surface area contributed by atoms with Crippen LogP contribution in [0.3, 0.4) is 0 Å². The summed E-state index contributed by atoms with van der Waals surface area (Å²) in [7, 11) is 0. The van der Waals surface area contributed by atoms with Crippen molar-refractivity contribution < 1.29 is 28.4 Å². The molecule has 0 saturated heterocycles. The molecule has 7 nitrogen and oxygen atoms in total. The first-order chi connectivity index (χ1) is 12.0. The predicted molar refractivity (Wildman–Crippen MR) is 84.6 cm³/mol. The van der Waals surface area contributed by atoms with Crippen LogP contribution in [0.25, 0.3) is 0 Å². The molecule has 0 heterocycles. The third-order valence-electron chi connectivity index (χ3n) is 3.08. The highest BCUT2D eigenvalue weighted by Crippen LogP contribution is 2.20. The van der Waals surface area contributed by atoms with Crippen LogP contribution < -0.4 is 9.47 Å². The zero-order valence-electron chi connectivity index (χ0n) is 13.0. The van der Waals surface area contributed by atoms with Crippen molar-refractivity contribution in [3.05, 3.63) is 64.5 Å². The molecule has 2 aromatic rings. The van der Waals surface area contributed by atoms with Crippen LogP contribution >= 0.6 is 0 Å². The molecule has 0 aliphatic heterocycles. The normalized spacial score (nSPS) is 10.1. The molecule has 0 bridgehead atoms. The Morgan fingerprint density at radius 1 is 1.00 bits per heavy atom. The largest absolute Gasteiger partial charge is 0.426 e. The SMILES string of the molecule is O=C(CCCC(=O)Oc1ccccc1F)Oc1cccc([N+](=O)[O-])c1. The highest BCUT2D eigenvalue weighted by atomic mass is 19.1. The maximum Gasteiger partial charge on any atom is 0.311 e. The molecule has 0 saturated carbocycles. The summed E-state index contributed by atoms with van der Waals surface area (Å²) >= 11 is 0. The molecule has 0 aliphatic carbocycles. The van der Waals surface area contributed by atoms with Crippen LogP contribution in [-0.4, -0.2) is 16.9 Å². The zero-order valence-corrected chi connectivity index (χ0v) is 13.0. The quantitative estimate of drug-likeness (QED) is 0.330. The van der Waals surface area contributed by atoms with Crippen molar-refractivity contribution in [3.63, 3.8) is 0 Å². The first-order valence-electron chi connectivity index (χ1n) is 7.36. The molecule has 25 heavy (non-hydrogen) atoms. The number of benzene rings is 2. The van der Waals surface area contributed by atoms with E-state index in [0.29, 0.717) is 0 Å². The topological polar surface area (TPSA) is 95.7 Å².